The molecule has 0 amide bonds. The monoisotopic (exact) mass is 200 g/mol. The third-order valence-corrected chi connectivity index (χ3v) is 3.27. The Labute approximate surface area is 80.7 Å². The number of aromatic nitrogens is 2. The molecule has 1 aliphatic heterocycles. The van der Waals surface area contributed by atoms with Crippen LogP contribution in [0.2, 0.25) is 0 Å². The highest BCUT2D eigenvalue weighted by molar-refractivity contribution is 7.99. The fraction of sp³-hybridized carbons (Fsp3) is 0.750. The Hall–Kier alpha value is -0.550. The Morgan fingerprint density at radius 3 is 3.08 bits per heavy atom. The Kier molecular flexibility index (Phi) is 2.55. The number of hydrogen-bond donors (Lipinski definition) is 1. The zero-order chi connectivity index (χ0) is 9.26. The summed E-state index contributed by atoms with van der Waals surface area (Å²) in [5.74, 6) is 3.69. The molecule has 1 saturated heterocycles. The van der Waals surface area contributed by atoms with Crippen LogP contribution in [0, 0.1) is 0 Å². The minimum absolute atomic E-state index is 0.394. The maximum Gasteiger partial charge on any atom is 0.230 e. The SMILES string of the molecule is CC(O)c1noc(C2CCSC2)n1. The molecule has 2 rings (SSSR count). The van der Waals surface area contributed by atoms with E-state index in [1.165, 1.54) is 0 Å². The average molecular weight is 200 g/mol. The topological polar surface area (TPSA) is 59.2 Å². The Bertz CT molecular complexity index is 281. The van der Waals surface area contributed by atoms with Crippen molar-refractivity contribution in [3.8, 4) is 0 Å². The van der Waals surface area contributed by atoms with E-state index in [-0.39, 0.29) is 0 Å². The quantitative estimate of drug-likeness (QED) is 0.780. The van der Waals surface area contributed by atoms with E-state index >= 15 is 0 Å². The standard InChI is InChI=1S/C8H12N2O2S/c1-5(11)7-9-8(12-10-7)6-2-3-13-4-6/h5-6,11H,2-4H2,1H3. The minimum atomic E-state index is -0.633. The highest BCUT2D eigenvalue weighted by Gasteiger charge is 2.24. The van der Waals surface area contributed by atoms with Gasteiger partial charge in [0.2, 0.25) is 5.89 Å². The molecule has 0 bridgehead atoms. The van der Waals surface area contributed by atoms with E-state index < -0.39 is 6.10 Å². The molecular formula is C8H12N2O2S. The molecular weight excluding hydrogens is 188 g/mol. The van der Waals surface area contributed by atoms with Gasteiger partial charge in [-0.15, -0.1) is 0 Å². The van der Waals surface area contributed by atoms with Crippen LogP contribution in [0.4, 0.5) is 0 Å². The fourth-order valence-electron chi connectivity index (χ4n) is 1.31. The minimum Gasteiger partial charge on any atom is -0.385 e. The molecule has 0 saturated carbocycles. The van der Waals surface area contributed by atoms with Gasteiger partial charge in [-0.3, -0.25) is 0 Å². The fourth-order valence-corrected chi connectivity index (χ4v) is 2.52. The lowest BCUT2D eigenvalue weighted by molar-refractivity contribution is 0.184. The van der Waals surface area contributed by atoms with Gasteiger partial charge in [0.1, 0.15) is 6.10 Å². The third kappa shape index (κ3) is 1.86. The van der Waals surface area contributed by atoms with Crippen LogP contribution in [-0.2, 0) is 0 Å². The molecule has 2 heterocycles. The molecule has 1 aromatic heterocycles. The van der Waals surface area contributed by atoms with E-state index in [9.17, 15) is 5.11 Å². The number of rotatable bonds is 2. The second kappa shape index (κ2) is 3.67. The normalized spacial score (nSPS) is 24.9. The smallest absolute Gasteiger partial charge is 0.230 e. The van der Waals surface area contributed by atoms with E-state index in [1.54, 1.807) is 6.92 Å². The summed E-state index contributed by atoms with van der Waals surface area (Å²) in [5.41, 5.74) is 0. The number of hydrogen-bond acceptors (Lipinski definition) is 5. The summed E-state index contributed by atoms with van der Waals surface area (Å²) >= 11 is 1.90. The van der Waals surface area contributed by atoms with E-state index in [0.717, 1.165) is 17.9 Å². The molecule has 1 aromatic rings. The molecule has 0 radical (unpaired) electrons. The second-order valence-electron chi connectivity index (χ2n) is 3.23. The third-order valence-electron chi connectivity index (χ3n) is 2.11. The highest BCUT2D eigenvalue weighted by Crippen LogP contribution is 2.31. The zero-order valence-corrected chi connectivity index (χ0v) is 8.25. The van der Waals surface area contributed by atoms with Crippen molar-refractivity contribution in [2.24, 2.45) is 0 Å². The van der Waals surface area contributed by atoms with Gasteiger partial charge in [0, 0.05) is 11.7 Å². The van der Waals surface area contributed by atoms with Gasteiger partial charge in [0.15, 0.2) is 5.82 Å². The largest absolute Gasteiger partial charge is 0.385 e. The summed E-state index contributed by atoms with van der Waals surface area (Å²) < 4.78 is 5.08. The van der Waals surface area contributed by atoms with E-state index in [2.05, 4.69) is 10.1 Å². The van der Waals surface area contributed by atoms with Crippen LogP contribution in [0.5, 0.6) is 0 Å². The second-order valence-corrected chi connectivity index (χ2v) is 4.38. The first-order valence-corrected chi connectivity index (χ1v) is 5.52. The molecule has 4 nitrogen and oxygen atoms in total. The highest BCUT2D eigenvalue weighted by atomic mass is 32.2. The van der Waals surface area contributed by atoms with E-state index in [0.29, 0.717) is 17.6 Å². The van der Waals surface area contributed by atoms with Crippen molar-refractivity contribution in [3.05, 3.63) is 11.7 Å². The summed E-state index contributed by atoms with van der Waals surface area (Å²) in [6.07, 6.45) is 0.470. The molecule has 2 unspecified atom stereocenters. The molecule has 0 aliphatic carbocycles. The number of aliphatic hydroxyl groups is 1. The molecule has 0 spiro atoms. The first kappa shape index (κ1) is 9.02. The van der Waals surface area contributed by atoms with E-state index in [4.69, 9.17) is 4.52 Å². The molecule has 13 heavy (non-hydrogen) atoms. The van der Waals surface area contributed by atoms with Crippen molar-refractivity contribution < 1.29 is 9.63 Å². The van der Waals surface area contributed by atoms with Crippen LogP contribution < -0.4 is 0 Å². The molecule has 1 fully saturated rings. The van der Waals surface area contributed by atoms with Crippen molar-refractivity contribution >= 4 is 11.8 Å². The molecule has 2 atom stereocenters. The van der Waals surface area contributed by atoms with Crippen LogP contribution >= 0.6 is 11.8 Å². The summed E-state index contributed by atoms with van der Waals surface area (Å²) in [6.45, 7) is 1.64. The Morgan fingerprint density at radius 1 is 1.69 bits per heavy atom. The van der Waals surface area contributed by atoms with Crippen molar-refractivity contribution in [3.63, 3.8) is 0 Å². The maximum absolute atomic E-state index is 9.19. The van der Waals surface area contributed by atoms with Gasteiger partial charge < -0.3 is 9.63 Å². The van der Waals surface area contributed by atoms with Crippen LogP contribution in [0.1, 0.15) is 37.1 Å². The summed E-state index contributed by atoms with van der Waals surface area (Å²) in [6, 6.07) is 0. The van der Waals surface area contributed by atoms with Gasteiger partial charge in [0.05, 0.1) is 0 Å². The van der Waals surface area contributed by atoms with Gasteiger partial charge >= 0.3 is 0 Å². The van der Waals surface area contributed by atoms with Gasteiger partial charge in [0.25, 0.3) is 0 Å². The lowest BCUT2D eigenvalue weighted by Gasteiger charge is -1.98. The first-order chi connectivity index (χ1) is 6.27. The Morgan fingerprint density at radius 2 is 2.54 bits per heavy atom. The summed E-state index contributed by atoms with van der Waals surface area (Å²) in [5, 5.41) is 12.9. The van der Waals surface area contributed by atoms with Crippen molar-refractivity contribution in [2.45, 2.75) is 25.4 Å². The summed E-state index contributed by atoms with van der Waals surface area (Å²) in [4.78, 5) is 4.15. The molecule has 0 aromatic carbocycles. The van der Waals surface area contributed by atoms with Crippen LogP contribution in [0.15, 0.2) is 4.52 Å². The van der Waals surface area contributed by atoms with Crippen molar-refractivity contribution in [2.75, 3.05) is 11.5 Å². The van der Waals surface area contributed by atoms with Gasteiger partial charge in [-0.2, -0.15) is 16.7 Å². The van der Waals surface area contributed by atoms with Crippen molar-refractivity contribution in [1.29, 1.82) is 0 Å². The molecule has 1 N–H and O–H groups in total. The van der Waals surface area contributed by atoms with Crippen LogP contribution in [0.3, 0.4) is 0 Å². The molecule has 1 aliphatic rings. The van der Waals surface area contributed by atoms with Gasteiger partial charge in [-0.25, -0.2) is 0 Å². The zero-order valence-electron chi connectivity index (χ0n) is 7.43. The predicted octanol–water partition coefficient (Wildman–Crippen LogP) is 1.34. The van der Waals surface area contributed by atoms with E-state index in [1.807, 2.05) is 11.8 Å². The van der Waals surface area contributed by atoms with Gasteiger partial charge in [-0.1, -0.05) is 5.16 Å². The van der Waals surface area contributed by atoms with Gasteiger partial charge in [-0.05, 0) is 19.1 Å². The Balaban J connectivity index is 2.12. The van der Waals surface area contributed by atoms with Crippen LogP contribution in [-0.4, -0.2) is 26.8 Å². The molecule has 72 valence electrons. The first-order valence-electron chi connectivity index (χ1n) is 4.36. The summed E-state index contributed by atoms with van der Waals surface area (Å²) in [7, 11) is 0. The number of thioether (sulfide) groups is 1. The average Bonchev–Trinajstić information content (AvgIpc) is 2.75. The molecule has 5 heteroatoms. The van der Waals surface area contributed by atoms with Crippen molar-refractivity contribution in [1.82, 2.24) is 10.1 Å². The number of aliphatic hydroxyl groups excluding tert-OH is 1. The number of nitrogens with zero attached hydrogens (tertiary/aromatic N) is 2. The predicted molar refractivity (Wildman–Crippen MR) is 49.6 cm³/mol. The maximum atomic E-state index is 9.19. The lowest BCUT2D eigenvalue weighted by atomic mass is 10.1. The van der Waals surface area contributed by atoms with Crippen LogP contribution in [0.25, 0.3) is 0 Å². The lowest BCUT2D eigenvalue weighted by Crippen LogP contribution is -1.98.